The van der Waals surface area contributed by atoms with Gasteiger partial charge in [0.25, 0.3) is 0 Å². The lowest BCUT2D eigenvalue weighted by molar-refractivity contribution is -0.119. The molecule has 1 fully saturated rings. The molecule has 0 bridgehead atoms. The van der Waals surface area contributed by atoms with Crippen molar-refractivity contribution in [1.82, 2.24) is 10.3 Å². The third-order valence-corrected chi connectivity index (χ3v) is 3.17. The van der Waals surface area contributed by atoms with Crippen LogP contribution in [-0.4, -0.2) is 30.3 Å². The summed E-state index contributed by atoms with van der Waals surface area (Å²) in [7, 11) is 0. The number of rotatable bonds is 7. The predicted octanol–water partition coefficient (Wildman–Crippen LogP) is 3.11. The number of halogens is 3. The highest BCUT2D eigenvalue weighted by molar-refractivity contribution is 5.41. The maximum Gasteiger partial charge on any atom is 0.405 e. The fourth-order valence-corrected chi connectivity index (χ4v) is 2.05. The molecule has 1 aromatic heterocycles. The van der Waals surface area contributed by atoms with Gasteiger partial charge in [-0.25, -0.2) is 4.98 Å². The molecule has 1 N–H and O–H groups in total. The van der Waals surface area contributed by atoms with Crippen LogP contribution in [0.3, 0.4) is 0 Å². The van der Waals surface area contributed by atoms with Crippen molar-refractivity contribution < 1.29 is 13.2 Å². The molecule has 1 aliphatic rings. The van der Waals surface area contributed by atoms with Crippen LogP contribution < -0.4 is 10.2 Å². The van der Waals surface area contributed by atoms with E-state index in [-0.39, 0.29) is 0 Å². The van der Waals surface area contributed by atoms with Crippen LogP contribution in [0.4, 0.5) is 19.0 Å². The smallest absolute Gasteiger partial charge is 0.348 e. The van der Waals surface area contributed by atoms with Gasteiger partial charge in [-0.3, -0.25) is 0 Å². The second kappa shape index (κ2) is 6.43. The molecular weight excluding hydrogens is 267 g/mol. The molecule has 20 heavy (non-hydrogen) atoms. The molecule has 0 atom stereocenters. The lowest BCUT2D eigenvalue weighted by Gasteiger charge is -2.24. The molecule has 2 rings (SSSR count). The van der Waals surface area contributed by atoms with E-state index in [0.29, 0.717) is 31.4 Å². The number of pyridine rings is 1. The highest BCUT2D eigenvalue weighted by atomic mass is 19.4. The Morgan fingerprint density at radius 1 is 1.40 bits per heavy atom. The maximum absolute atomic E-state index is 12.6. The van der Waals surface area contributed by atoms with Gasteiger partial charge in [-0.2, -0.15) is 13.2 Å². The van der Waals surface area contributed by atoms with E-state index in [1.807, 2.05) is 13.0 Å². The predicted molar refractivity (Wildman–Crippen MR) is 72.7 cm³/mol. The van der Waals surface area contributed by atoms with E-state index in [1.54, 1.807) is 12.3 Å². The Morgan fingerprint density at radius 2 is 2.15 bits per heavy atom. The number of aromatic nitrogens is 1. The van der Waals surface area contributed by atoms with Crippen LogP contribution in [0.25, 0.3) is 0 Å². The molecule has 0 aliphatic heterocycles. The summed E-state index contributed by atoms with van der Waals surface area (Å²) in [5.74, 6) is 0.402. The number of nitrogens with zero attached hydrogens (tertiary/aromatic N) is 2. The van der Waals surface area contributed by atoms with Gasteiger partial charge in [0, 0.05) is 25.3 Å². The van der Waals surface area contributed by atoms with Crippen molar-refractivity contribution in [3.05, 3.63) is 23.9 Å². The van der Waals surface area contributed by atoms with Crippen molar-refractivity contribution in [2.75, 3.05) is 18.0 Å². The minimum atomic E-state index is -4.21. The number of hydrogen-bond acceptors (Lipinski definition) is 3. The summed E-state index contributed by atoms with van der Waals surface area (Å²) in [5, 5.41) is 3.35. The quantitative estimate of drug-likeness (QED) is 0.835. The molecule has 1 aromatic rings. The van der Waals surface area contributed by atoms with Crippen LogP contribution in [0.5, 0.6) is 0 Å². The number of alkyl halides is 3. The molecular formula is C14H20F3N3. The fourth-order valence-electron chi connectivity index (χ4n) is 2.05. The Labute approximate surface area is 117 Å². The van der Waals surface area contributed by atoms with Crippen LogP contribution >= 0.6 is 0 Å². The first-order valence-corrected chi connectivity index (χ1v) is 6.98. The third kappa shape index (κ3) is 5.00. The normalized spacial score (nSPS) is 15.4. The highest BCUT2D eigenvalue weighted by Crippen LogP contribution is 2.22. The summed E-state index contributed by atoms with van der Waals surface area (Å²) >= 11 is 0. The van der Waals surface area contributed by atoms with Crippen LogP contribution in [0.15, 0.2) is 18.3 Å². The van der Waals surface area contributed by atoms with E-state index in [9.17, 15) is 13.2 Å². The van der Waals surface area contributed by atoms with Crippen molar-refractivity contribution in [1.29, 1.82) is 0 Å². The largest absolute Gasteiger partial charge is 0.405 e. The van der Waals surface area contributed by atoms with E-state index in [0.717, 1.165) is 5.56 Å². The van der Waals surface area contributed by atoms with Crippen LogP contribution in [0.2, 0.25) is 0 Å². The molecule has 6 heteroatoms. The summed E-state index contributed by atoms with van der Waals surface area (Å²) in [6.45, 7) is 1.95. The van der Waals surface area contributed by atoms with Gasteiger partial charge in [0.1, 0.15) is 12.4 Å². The lowest BCUT2D eigenvalue weighted by atomic mass is 10.2. The van der Waals surface area contributed by atoms with Gasteiger partial charge in [-0.15, -0.1) is 0 Å². The lowest BCUT2D eigenvalue weighted by Crippen LogP contribution is -2.35. The van der Waals surface area contributed by atoms with E-state index < -0.39 is 12.7 Å². The van der Waals surface area contributed by atoms with Crippen LogP contribution in [0.1, 0.15) is 31.7 Å². The standard InChI is InChI=1S/C14H20F3N3/c1-2-7-20(10-14(15,16)17)13-8-11(5-6-18-13)9-19-12-3-4-12/h5-6,8,12,19H,2-4,7,9-10H2,1H3. The molecule has 0 radical (unpaired) electrons. The second-order valence-electron chi connectivity index (χ2n) is 5.21. The molecule has 0 aromatic carbocycles. The molecule has 0 amide bonds. The molecule has 3 nitrogen and oxygen atoms in total. The molecule has 1 heterocycles. The van der Waals surface area contributed by atoms with Crippen molar-refractivity contribution in [2.24, 2.45) is 0 Å². The van der Waals surface area contributed by atoms with E-state index in [2.05, 4.69) is 10.3 Å². The summed E-state index contributed by atoms with van der Waals surface area (Å²) in [4.78, 5) is 5.38. The van der Waals surface area contributed by atoms with Gasteiger partial charge in [-0.05, 0) is 37.0 Å². The van der Waals surface area contributed by atoms with Gasteiger partial charge in [0.15, 0.2) is 0 Å². The maximum atomic E-state index is 12.6. The Bertz CT molecular complexity index is 430. The Balaban J connectivity index is 2.04. The van der Waals surface area contributed by atoms with Gasteiger partial charge in [0.2, 0.25) is 0 Å². The molecule has 0 spiro atoms. The van der Waals surface area contributed by atoms with Crippen molar-refractivity contribution >= 4 is 5.82 Å². The molecule has 1 saturated carbocycles. The summed E-state index contributed by atoms with van der Waals surface area (Å²) in [5.41, 5.74) is 0.977. The zero-order chi connectivity index (χ0) is 14.6. The SMILES string of the molecule is CCCN(CC(F)(F)F)c1cc(CNC2CC2)ccn1. The molecule has 1 aliphatic carbocycles. The average molecular weight is 287 g/mol. The Morgan fingerprint density at radius 3 is 2.75 bits per heavy atom. The van der Waals surface area contributed by atoms with E-state index in [1.165, 1.54) is 17.7 Å². The van der Waals surface area contributed by atoms with Crippen molar-refractivity contribution in [2.45, 2.75) is 44.9 Å². The first-order valence-electron chi connectivity index (χ1n) is 6.98. The second-order valence-corrected chi connectivity index (χ2v) is 5.21. The number of anilines is 1. The highest BCUT2D eigenvalue weighted by Gasteiger charge is 2.31. The third-order valence-electron chi connectivity index (χ3n) is 3.17. The summed E-state index contributed by atoms with van der Waals surface area (Å²) in [6, 6.07) is 4.17. The zero-order valence-corrected chi connectivity index (χ0v) is 11.6. The number of hydrogen-bond donors (Lipinski definition) is 1. The van der Waals surface area contributed by atoms with Gasteiger partial charge < -0.3 is 10.2 Å². The monoisotopic (exact) mass is 287 g/mol. The first-order chi connectivity index (χ1) is 9.48. The minimum Gasteiger partial charge on any atom is -0.348 e. The van der Waals surface area contributed by atoms with Crippen molar-refractivity contribution in [3.63, 3.8) is 0 Å². The van der Waals surface area contributed by atoms with Crippen LogP contribution in [-0.2, 0) is 6.54 Å². The fraction of sp³-hybridized carbons (Fsp3) is 0.643. The zero-order valence-electron chi connectivity index (χ0n) is 11.6. The van der Waals surface area contributed by atoms with Crippen LogP contribution in [0, 0.1) is 0 Å². The summed E-state index contributed by atoms with van der Waals surface area (Å²) in [6.07, 6.45) is 0.404. The minimum absolute atomic E-state index is 0.353. The van der Waals surface area contributed by atoms with Gasteiger partial charge in [-0.1, -0.05) is 6.92 Å². The van der Waals surface area contributed by atoms with Gasteiger partial charge >= 0.3 is 6.18 Å². The molecule has 0 unspecified atom stereocenters. The molecule has 112 valence electrons. The molecule has 0 saturated heterocycles. The Kier molecular flexibility index (Phi) is 4.86. The topological polar surface area (TPSA) is 28.2 Å². The average Bonchev–Trinajstić information content (AvgIpc) is 3.19. The van der Waals surface area contributed by atoms with E-state index >= 15 is 0 Å². The van der Waals surface area contributed by atoms with Crippen molar-refractivity contribution in [3.8, 4) is 0 Å². The van der Waals surface area contributed by atoms with Gasteiger partial charge in [0.05, 0.1) is 0 Å². The number of nitrogens with one attached hydrogen (secondary N) is 1. The Hall–Kier alpha value is -1.30. The van der Waals surface area contributed by atoms with E-state index in [4.69, 9.17) is 0 Å². The first kappa shape index (κ1) is 15.1. The summed E-state index contributed by atoms with van der Waals surface area (Å²) < 4.78 is 37.8.